The number of nitrogens with one attached hydrogen (secondary N) is 1. The molecule has 1 aromatic carbocycles. The molecule has 110 valence electrons. The predicted octanol–water partition coefficient (Wildman–Crippen LogP) is 4.57. The van der Waals surface area contributed by atoms with E-state index >= 15 is 0 Å². The number of benzene rings is 1. The Bertz CT molecular complexity index is 692. The van der Waals surface area contributed by atoms with E-state index in [1.165, 1.54) is 11.3 Å². The maximum absolute atomic E-state index is 12.3. The summed E-state index contributed by atoms with van der Waals surface area (Å²) >= 11 is 13.2. The highest BCUT2D eigenvalue weighted by atomic mass is 35.5. The van der Waals surface area contributed by atoms with Gasteiger partial charge in [-0.05, 0) is 24.6 Å². The predicted molar refractivity (Wildman–Crippen MR) is 85.1 cm³/mol. The number of anilines is 1. The maximum Gasteiger partial charge on any atom is 0.338 e. The smallest absolute Gasteiger partial charge is 0.338 e. The Labute approximate surface area is 135 Å². The van der Waals surface area contributed by atoms with Crippen LogP contribution >= 0.6 is 34.5 Å². The fraction of sp³-hybridized carbons (Fsp3) is 0.143. The van der Waals surface area contributed by atoms with Gasteiger partial charge in [-0.25, -0.2) is 4.79 Å². The third kappa shape index (κ3) is 3.37. The molecule has 0 radical (unpaired) electrons. The van der Waals surface area contributed by atoms with E-state index in [2.05, 4.69) is 5.32 Å². The van der Waals surface area contributed by atoms with Crippen molar-refractivity contribution < 1.29 is 14.7 Å². The molecule has 0 aliphatic heterocycles. The van der Waals surface area contributed by atoms with Crippen LogP contribution in [0.25, 0.3) is 0 Å². The van der Waals surface area contributed by atoms with Crippen LogP contribution in [0.2, 0.25) is 10.0 Å². The number of carboxylic acid groups (broad SMARTS) is 1. The lowest BCUT2D eigenvalue weighted by Crippen LogP contribution is -2.14. The molecule has 0 bridgehead atoms. The summed E-state index contributed by atoms with van der Waals surface area (Å²) in [6.45, 7) is 1.91. The van der Waals surface area contributed by atoms with E-state index in [-0.39, 0.29) is 26.2 Å². The summed E-state index contributed by atoms with van der Waals surface area (Å²) in [7, 11) is 0. The highest BCUT2D eigenvalue weighted by Crippen LogP contribution is 2.31. The SMILES string of the molecule is CCc1cc(C(=O)O)c(NC(=O)c2c(Cl)cccc2Cl)s1. The average Bonchev–Trinajstić information content (AvgIpc) is 2.81. The van der Waals surface area contributed by atoms with E-state index in [1.54, 1.807) is 24.3 Å². The summed E-state index contributed by atoms with van der Waals surface area (Å²) in [6, 6.07) is 6.28. The first-order valence-corrected chi connectivity index (χ1v) is 7.62. The highest BCUT2D eigenvalue weighted by Gasteiger charge is 2.20. The molecule has 2 aromatic rings. The van der Waals surface area contributed by atoms with E-state index in [9.17, 15) is 14.7 Å². The number of amides is 1. The van der Waals surface area contributed by atoms with Crippen molar-refractivity contribution in [1.29, 1.82) is 0 Å². The van der Waals surface area contributed by atoms with E-state index < -0.39 is 11.9 Å². The number of halogens is 2. The highest BCUT2D eigenvalue weighted by molar-refractivity contribution is 7.16. The maximum atomic E-state index is 12.3. The number of thiophene rings is 1. The number of carbonyl (C=O) groups excluding carboxylic acids is 1. The summed E-state index contributed by atoms with van der Waals surface area (Å²) in [5.41, 5.74) is 0.192. The van der Waals surface area contributed by atoms with Crippen molar-refractivity contribution in [3.63, 3.8) is 0 Å². The van der Waals surface area contributed by atoms with Crippen LogP contribution in [-0.4, -0.2) is 17.0 Å². The third-order valence-electron chi connectivity index (χ3n) is 2.78. The van der Waals surface area contributed by atoms with Gasteiger partial charge >= 0.3 is 5.97 Å². The Balaban J connectivity index is 2.36. The van der Waals surface area contributed by atoms with Crippen LogP contribution in [0.3, 0.4) is 0 Å². The number of aryl methyl sites for hydroxylation is 1. The Kier molecular flexibility index (Phi) is 4.88. The van der Waals surface area contributed by atoms with Crippen LogP contribution in [-0.2, 0) is 6.42 Å². The van der Waals surface area contributed by atoms with E-state index in [0.29, 0.717) is 6.42 Å². The molecule has 0 fully saturated rings. The fourth-order valence-electron chi connectivity index (χ4n) is 1.75. The molecular weight excluding hydrogens is 333 g/mol. The molecule has 7 heteroatoms. The molecule has 4 nitrogen and oxygen atoms in total. The van der Waals surface area contributed by atoms with Crippen LogP contribution in [0.15, 0.2) is 24.3 Å². The van der Waals surface area contributed by atoms with Gasteiger partial charge in [-0.15, -0.1) is 11.3 Å². The molecular formula is C14H11Cl2NO3S. The van der Waals surface area contributed by atoms with Gasteiger partial charge in [0.2, 0.25) is 0 Å². The molecule has 21 heavy (non-hydrogen) atoms. The Morgan fingerprint density at radius 3 is 2.43 bits per heavy atom. The normalized spacial score (nSPS) is 10.4. The minimum atomic E-state index is -1.09. The van der Waals surface area contributed by atoms with Crippen LogP contribution in [0.1, 0.15) is 32.5 Å². The molecule has 0 atom stereocenters. The number of hydrogen-bond donors (Lipinski definition) is 2. The second-order valence-corrected chi connectivity index (χ2v) is 6.12. The quantitative estimate of drug-likeness (QED) is 0.854. The van der Waals surface area contributed by atoms with Crippen molar-refractivity contribution in [2.24, 2.45) is 0 Å². The van der Waals surface area contributed by atoms with Gasteiger partial charge in [0.05, 0.1) is 21.2 Å². The van der Waals surface area contributed by atoms with Gasteiger partial charge in [0, 0.05) is 4.88 Å². The van der Waals surface area contributed by atoms with Crippen molar-refractivity contribution in [3.05, 3.63) is 50.3 Å². The first-order valence-electron chi connectivity index (χ1n) is 6.05. The second kappa shape index (κ2) is 6.47. The largest absolute Gasteiger partial charge is 0.478 e. The van der Waals surface area contributed by atoms with Crippen molar-refractivity contribution in [2.45, 2.75) is 13.3 Å². The molecule has 0 saturated carbocycles. The summed E-state index contributed by atoms with van der Waals surface area (Å²) in [5, 5.41) is 12.4. The van der Waals surface area contributed by atoms with Crippen molar-refractivity contribution >= 4 is 51.4 Å². The molecule has 1 aromatic heterocycles. The van der Waals surface area contributed by atoms with Crippen molar-refractivity contribution in [1.82, 2.24) is 0 Å². The molecule has 0 aliphatic carbocycles. The Morgan fingerprint density at radius 1 is 1.29 bits per heavy atom. The molecule has 2 N–H and O–H groups in total. The van der Waals surface area contributed by atoms with Gasteiger partial charge in [-0.2, -0.15) is 0 Å². The van der Waals surface area contributed by atoms with E-state index in [1.807, 2.05) is 6.92 Å². The molecule has 0 saturated heterocycles. The lowest BCUT2D eigenvalue weighted by molar-refractivity contribution is 0.0698. The topological polar surface area (TPSA) is 66.4 Å². The lowest BCUT2D eigenvalue weighted by atomic mass is 10.2. The van der Waals surface area contributed by atoms with Crippen LogP contribution in [0, 0.1) is 0 Å². The summed E-state index contributed by atoms with van der Waals surface area (Å²) in [6.07, 6.45) is 0.688. The molecule has 2 rings (SSSR count). The van der Waals surface area contributed by atoms with Gasteiger partial charge in [-0.1, -0.05) is 36.2 Å². The molecule has 1 heterocycles. The molecule has 0 aliphatic rings. The Hall–Kier alpha value is -1.56. The van der Waals surface area contributed by atoms with Gasteiger partial charge in [0.25, 0.3) is 5.91 Å². The first-order chi connectivity index (χ1) is 9.93. The summed E-state index contributed by atoms with van der Waals surface area (Å²) in [5.74, 6) is -1.62. The Morgan fingerprint density at radius 2 is 1.90 bits per heavy atom. The van der Waals surface area contributed by atoms with Crippen LogP contribution in [0.4, 0.5) is 5.00 Å². The van der Waals surface area contributed by atoms with Crippen LogP contribution < -0.4 is 5.32 Å². The molecule has 0 unspecified atom stereocenters. The third-order valence-corrected chi connectivity index (χ3v) is 4.60. The molecule has 1 amide bonds. The first kappa shape index (κ1) is 15.8. The average molecular weight is 344 g/mol. The zero-order valence-electron chi connectivity index (χ0n) is 10.9. The van der Waals surface area contributed by atoms with Crippen molar-refractivity contribution in [3.8, 4) is 0 Å². The monoisotopic (exact) mass is 343 g/mol. The minimum Gasteiger partial charge on any atom is -0.478 e. The van der Waals surface area contributed by atoms with E-state index in [0.717, 1.165) is 4.88 Å². The van der Waals surface area contributed by atoms with Gasteiger partial charge in [0.15, 0.2) is 0 Å². The number of aromatic carboxylic acids is 1. The fourth-order valence-corrected chi connectivity index (χ4v) is 3.30. The number of carboxylic acids is 1. The number of carbonyl (C=O) groups is 2. The standard InChI is InChI=1S/C14H11Cl2NO3S/c1-2-7-6-8(14(19)20)13(21-7)17-12(18)11-9(15)4-3-5-10(11)16/h3-6H,2H2,1H3,(H,17,18)(H,19,20). The van der Waals surface area contributed by atoms with E-state index in [4.69, 9.17) is 23.2 Å². The summed E-state index contributed by atoms with van der Waals surface area (Å²) < 4.78 is 0. The number of rotatable bonds is 4. The minimum absolute atomic E-state index is 0.0633. The lowest BCUT2D eigenvalue weighted by Gasteiger charge is -2.07. The van der Waals surface area contributed by atoms with Gasteiger partial charge in [-0.3, -0.25) is 4.79 Å². The van der Waals surface area contributed by atoms with Crippen LogP contribution in [0.5, 0.6) is 0 Å². The van der Waals surface area contributed by atoms with Gasteiger partial charge in [0.1, 0.15) is 5.00 Å². The van der Waals surface area contributed by atoms with Crippen molar-refractivity contribution in [2.75, 3.05) is 5.32 Å². The molecule has 0 spiro atoms. The zero-order chi connectivity index (χ0) is 15.6. The second-order valence-electron chi connectivity index (χ2n) is 4.17. The van der Waals surface area contributed by atoms with Gasteiger partial charge < -0.3 is 10.4 Å². The summed E-state index contributed by atoms with van der Waals surface area (Å²) in [4.78, 5) is 24.3. The number of hydrogen-bond acceptors (Lipinski definition) is 3. The zero-order valence-corrected chi connectivity index (χ0v) is 13.3.